The molecule has 0 saturated heterocycles. The van der Waals surface area contributed by atoms with Gasteiger partial charge in [0.2, 0.25) is 5.28 Å². The van der Waals surface area contributed by atoms with Gasteiger partial charge < -0.3 is 5.32 Å². The molecule has 2 atom stereocenters. The molecule has 3 nitrogen and oxygen atoms in total. The molecule has 2 unspecified atom stereocenters. The Morgan fingerprint density at radius 3 is 2.88 bits per heavy atom. The van der Waals surface area contributed by atoms with Gasteiger partial charge in [0.05, 0.1) is 0 Å². The van der Waals surface area contributed by atoms with Crippen molar-refractivity contribution in [3.63, 3.8) is 0 Å². The van der Waals surface area contributed by atoms with Gasteiger partial charge in [-0.15, -0.1) is 0 Å². The summed E-state index contributed by atoms with van der Waals surface area (Å²) in [5.74, 6) is 0.851. The molecule has 0 aliphatic heterocycles. The molecule has 2 rings (SSSR count). The standard InChI is InChI=1S/C11H16ClN3S/c1-7-5-10(15-11(12)13-7)14-8-3-4-9(6-8)16-2/h5,8-9H,3-4,6H2,1-2H3,(H,13,14,15). The van der Waals surface area contributed by atoms with Crippen molar-refractivity contribution in [2.24, 2.45) is 0 Å². The van der Waals surface area contributed by atoms with Crippen LogP contribution < -0.4 is 5.32 Å². The fourth-order valence-corrected chi connectivity index (χ4v) is 3.12. The Morgan fingerprint density at radius 1 is 1.44 bits per heavy atom. The van der Waals surface area contributed by atoms with E-state index >= 15 is 0 Å². The SMILES string of the molecule is CSC1CCC(Nc2cc(C)nc(Cl)n2)C1. The predicted octanol–water partition coefficient (Wildman–Crippen LogP) is 3.13. The van der Waals surface area contributed by atoms with Gasteiger partial charge in [0.15, 0.2) is 0 Å². The van der Waals surface area contributed by atoms with E-state index in [1.807, 2.05) is 24.8 Å². The fraction of sp³-hybridized carbons (Fsp3) is 0.636. The van der Waals surface area contributed by atoms with Gasteiger partial charge in [-0.05, 0) is 44.0 Å². The summed E-state index contributed by atoms with van der Waals surface area (Å²) in [7, 11) is 0. The largest absolute Gasteiger partial charge is 0.367 e. The zero-order valence-corrected chi connectivity index (χ0v) is 11.1. The van der Waals surface area contributed by atoms with Crippen molar-refractivity contribution in [1.29, 1.82) is 0 Å². The van der Waals surface area contributed by atoms with E-state index in [9.17, 15) is 0 Å². The Bertz CT molecular complexity index is 352. The molecule has 0 radical (unpaired) electrons. The van der Waals surface area contributed by atoms with Crippen LogP contribution in [-0.4, -0.2) is 27.5 Å². The van der Waals surface area contributed by atoms with Crippen LogP contribution in [0.25, 0.3) is 0 Å². The topological polar surface area (TPSA) is 37.8 Å². The van der Waals surface area contributed by atoms with Crippen LogP contribution >= 0.6 is 23.4 Å². The summed E-state index contributed by atoms with van der Waals surface area (Å²) in [5.41, 5.74) is 0.905. The monoisotopic (exact) mass is 257 g/mol. The number of aryl methyl sites for hydroxylation is 1. The van der Waals surface area contributed by atoms with Crippen molar-refractivity contribution < 1.29 is 0 Å². The minimum Gasteiger partial charge on any atom is -0.367 e. The zero-order valence-electron chi connectivity index (χ0n) is 9.53. The van der Waals surface area contributed by atoms with Crippen LogP contribution in [0, 0.1) is 6.92 Å². The Morgan fingerprint density at radius 2 is 2.25 bits per heavy atom. The molecule has 1 heterocycles. The summed E-state index contributed by atoms with van der Waals surface area (Å²) < 4.78 is 0. The molecular weight excluding hydrogens is 242 g/mol. The molecule has 16 heavy (non-hydrogen) atoms. The van der Waals surface area contributed by atoms with Crippen LogP contribution in [0.4, 0.5) is 5.82 Å². The molecule has 0 spiro atoms. The highest BCUT2D eigenvalue weighted by molar-refractivity contribution is 7.99. The fourth-order valence-electron chi connectivity index (χ4n) is 2.10. The first kappa shape index (κ1) is 12.0. The summed E-state index contributed by atoms with van der Waals surface area (Å²) >= 11 is 7.78. The Kier molecular flexibility index (Phi) is 3.92. The van der Waals surface area contributed by atoms with Crippen molar-refractivity contribution in [1.82, 2.24) is 9.97 Å². The molecule has 1 aromatic heterocycles. The summed E-state index contributed by atoms with van der Waals surface area (Å²) in [4.78, 5) is 8.23. The first-order valence-corrected chi connectivity index (χ1v) is 7.14. The van der Waals surface area contributed by atoms with Crippen LogP contribution in [-0.2, 0) is 0 Å². The number of nitrogens with zero attached hydrogens (tertiary/aromatic N) is 2. The lowest BCUT2D eigenvalue weighted by Gasteiger charge is -2.13. The minimum atomic E-state index is 0.321. The number of rotatable bonds is 3. The number of nitrogens with one attached hydrogen (secondary N) is 1. The lowest BCUT2D eigenvalue weighted by molar-refractivity contribution is 0.751. The second-order valence-electron chi connectivity index (χ2n) is 4.18. The summed E-state index contributed by atoms with van der Waals surface area (Å²) in [6.07, 6.45) is 5.89. The third kappa shape index (κ3) is 3.01. The van der Waals surface area contributed by atoms with Gasteiger partial charge in [-0.1, -0.05) is 0 Å². The molecule has 88 valence electrons. The second kappa shape index (κ2) is 5.23. The average molecular weight is 258 g/mol. The van der Waals surface area contributed by atoms with Gasteiger partial charge >= 0.3 is 0 Å². The molecule has 0 amide bonds. The summed E-state index contributed by atoms with van der Waals surface area (Å²) in [5, 5.41) is 4.55. The highest BCUT2D eigenvalue weighted by Gasteiger charge is 2.23. The van der Waals surface area contributed by atoms with Crippen LogP contribution in [0.2, 0.25) is 5.28 Å². The lowest BCUT2D eigenvalue weighted by atomic mass is 10.2. The highest BCUT2D eigenvalue weighted by Crippen LogP contribution is 2.30. The molecule has 1 saturated carbocycles. The van der Waals surface area contributed by atoms with Crippen LogP contribution in [0.15, 0.2) is 6.07 Å². The normalized spacial score (nSPS) is 24.7. The van der Waals surface area contributed by atoms with E-state index < -0.39 is 0 Å². The average Bonchev–Trinajstić information content (AvgIpc) is 2.64. The molecule has 0 aromatic carbocycles. The molecular formula is C11H16ClN3S. The quantitative estimate of drug-likeness (QED) is 0.845. The molecule has 1 aliphatic carbocycles. The van der Waals surface area contributed by atoms with Gasteiger partial charge in [-0.3, -0.25) is 0 Å². The molecule has 0 bridgehead atoms. The number of hydrogen-bond acceptors (Lipinski definition) is 4. The van der Waals surface area contributed by atoms with E-state index in [1.165, 1.54) is 19.3 Å². The predicted molar refractivity (Wildman–Crippen MR) is 70.3 cm³/mol. The second-order valence-corrected chi connectivity index (χ2v) is 5.65. The number of halogens is 1. The van der Waals surface area contributed by atoms with Crippen LogP contribution in [0.1, 0.15) is 25.0 Å². The maximum atomic E-state index is 5.83. The highest BCUT2D eigenvalue weighted by atomic mass is 35.5. The number of aromatic nitrogens is 2. The molecule has 1 fully saturated rings. The Balaban J connectivity index is 1.99. The van der Waals surface area contributed by atoms with Gasteiger partial charge in [-0.2, -0.15) is 11.8 Å². The minimum absolute atomic E-state index is 0.321. The Hall–Kier alpha value is -0.480. The summed E-state index contributed by atoms with van der Waals surface area (Å²) in [6, 6.07) is 2.47. The Labute approximate surface area is 105 Å². The molecule has 1 aromatic rings. The third-order valence-corrected chi connectivity index (χ3v) is 4.16. The van der Waals surface area contributed by atoms with Crippen molar-refractivity contribution in [2.75, 3.05) is 11.6 Å². The molecule has 5 heteroatoms. The van der Waals surface area contributed by atoms with Crippen molar-refractivity contribution in [2.45, 2.75) is 37.5 Å². The zero-order chi connectivity index (χ0) is 11.5. The first-order chi connectivity index (χ1) is 7.67. The maximum Gasteiger partial charge on any atom is 0.224 e. The molecule has 1 N–H and O–H groups in total. The van der Waals surface area contributed by atoms with E-state index in [2.05, 4.69) is 21.5 Å². The lowest BCUT2D eigenvalue weighted by Crippen LogP contribution is -2.17. The maximum absolute atomic E-state index is 5.83. The van der Waals surface area contributed by atoms with Crippen LogP contribution in [0.5, 0.6) is 0 Å². The molecule has 1 aliphatic rings. The smallest absolute Gasteiger partial charge is 0.224 e. The third-order valence-electron chi connectivity index (χ3n) is 2.90. The van der Waals surface area contributed by atoms with E-state index in [4.69, 9.17) is 11.6 Å². The van der Waals surface area contributed by atoms with Crippen molar-refractivity contribution in [3.05, 3.63) is 17.0 Å². The van der Waals surface area contributed by atoms with E-state index in [-0.39, 0.29) is 0 Å². The van der Waals surface area contributed by atoms with E-state index in [0.717, 1.165) is 16.8 Å². The summed E-state index contributed by atoms with van der Waals surface area (Å²) in [6.45, 7) is 1.93. The van der Waals surface area contributed by atoms with Gasteiger partial charge in [0, 0.05) is 23.1 Å². The first-order valence-electron chi connectivity index (χ1n) is 5.48. The number of thioether (sulfide) groups is 1. The van der Waals surface area contributed by atoms with E-state index in [1.54, 1.807) is 0 Å². The van der Waals surface area contributed by atoms with Gasteiger partial charge in [-0.25, -0.2) is 9.97 Å². The number of hydrogen-bond donors (Lipinski definition) is 1. The van der Waals surface area contributed by atoms with Gasteiger partial charge in [0.1, 0.15) is 5.82 Å². The van der Waals surface area contributed by atoms with Crippen molar-refractivity contribution in [3.8, 4) is 0 Å². The van der Waals surface area contributed by atoms with Crippen molar-refractivity contribution >= 4 is 29.2 Å². The van der Waals surface area contributed by atoms with Crippen LogP contribution in [0.3, 0.4) is 0 Å². The number of anilines is 1. The van der Waals surface area contributed by atoms with E-state index in [0.29, 0.717) is 11.3 Å². The van der Waals surface area contributed by atoms with Gasteiger partial charge in [0.25, 0.3) is 0 Å².